The number of halogens is 2. The van der Waals surface area contributed by atoms with E-state index in [0.29, 0.717) is 11.5 Å². The summed E-state index contributed by atoms with van der Waals surface area (Å²) < 4.78 is 17.5. The Morgan fingerprint density at radius 1 is 0.690 bits per heavy atom. The molecule has 0 fully saturated rings. The maximum absolute atomic E-state index is 9.60. The first kappa shape index (κ1) is 23.6. The molecule has 0 spiro atoms. The van der Waals surface area contributed by atoms with Crippen molar-refractivity contribution in [1.29, 1.82) is 0 Å². The Morgan fingerprint density at radius 2 is 1.00 bits per heavy atom. The normalized spacial score (nSPS) is 13.1. The predicted octanol–water partition coefficient (Wildman–Crippen LogP) is 4.67. The van der Waals surface area contributed by atoms with Crippen LogP contribution in [0.25, 0.3) is 0 Å². The zero-order chi connectivity index (χ0) is 21.6. The van der Waals surface area contributed by atoms with Gasteiger partial charge in [-0.15, -0.1) is 23.2 Å². The standard InChI is InChI=1S/C22H28Cl2O5/c1-13-5-19(6-14(2)21(13)27-11-17(25)9-23)29-20-7-15(3)22(16(4)8-20)28-12-18(26)10-24/h5-8,17-18,25-26H,9-12H2,1-4H3. The summed E-state index contributed by atoms with van der Waals surface area (Å²) in [4.78, 5) is 0. The zero-order valence-corrected chi connectivity index (χ0v) is 18.7. The number of ether oxygens (including phenoxy) is 3. The summed E-state index contributed by atoms with van der Waals surface area (Å²) in [6.45, 7) is 8.00. The third-order valence-corrected chi connectivity index (χ3v) is 5.01. The second-order valence-corrected chi connectivity index (χ2v) is 7.73. The molecule has 0 aromatic heterocycles. The average molecular weight is 443 g/mol. The van der Waals surface area contributed by atoms with Crippen molar-refractivity contribution in [3.63, 3.8) is 0 Å². The molecule has 2 rings (SSSR count). The van der Waals surface area contributed by atoms with Crippen LogP contribution < -0.4 is 14.2 Å². The highest BCUT2D eigenvalue weighted by Gasteiger charge is 2.13. The van der Waals surface area contributed by atoms with Crippen LogP contribution in [0.1, 0.15) is 22.3 Å². The van der Waals surface area contributed by atoms with Gasteiger partial charge in [0.1, 0.15) is 48.4 Å². The number of aliphatic hydroxyl groups excluding tert-OH is 2. The topological polar surface area (TPSA) is 68.2 Å². The SMILES string of the molecule is Cc1cc(Oc2cc(C)c(OCC(O)CCl)c(C)c2)cc(C)c1OCC(O)CCl. The van der Waals surface area contributed by atoms with Gasteiger partial charge in [-0.05, 0) is 74.2 Å². The largest absolute Gasteiger partial charge is 0.490 e. The van der Waals surface area contributed by atoms with Crippen LogP contribution in [0.5, 0.6) is 23.0 Å². The molecule has 0 heterocycles. The summed E-state index contributed by atoms with van der Waals surface area (Å²) in [5, 5.41) is 19.2. The van der Waals surface area contributed by atoms with E-state index in [1.54, 1.807) is 0 Å². The fourth-order valence-electron chi connectivity index (χ4n) is 2.98. The molecule has 7 heteroatoms. The van der Waals surface area contributed by atoms with E-state index in [1.165, 1.54) is 0 Å². The van der Waals surface area contributed by atoms with Gasteiger partial charge in [0.15, 0.2) is 0 Å². The third-order valence-electron chi connectivity index (χ3n) is 4.30. The second kappa shape index (κ2) is 10.9. The van der Waals surface area contributed by atoms with E-state index in [-0.39, 0.29) is 25.0 Å². The van der Waals surface area contributed by atoms with Crippen LogP contribution in [0.4, 0.5) is 0 Å². The van der Waals surface area contributed by atoms with Crippen molar-refractivity contribution in [2.45, 2.75) is 39.9 Å². The van der Waals surface area contributed by atoms with Crippen LogP contribution in [-0.2, 0) is 0 Å². The van der Waals surface area contributed by atoms with Crippen LogP contribution in [-0.4, -0.2) is 47.4 Å². The minimum atomic E-state index is -0.705. The molecule has 0 saturated carbocycles. The first-order valence-corrected chi connectivity index (χ1v) is 10.5. The van der Waals surface area contributed by atoms with Gasteiger partial charge >= 0.3 is 0 Å². The van der Waals surface area contributed by atoms with Crippen molar-refractivity contribution in [2.75, 3.05) is 25.0 Å². The Hall–Kier alpha value is -1.66. The highest BCUT2D eigenvalue weighted by Crippen LogP contribution is 2.34. The first-order chi connectivity index (χ1) is 13.7. The molecule has 2 atom stereocenters. The van der Waals surface area contributed by atoms with Crippen LogP contribution >= 0.6 is 23.2 Å². The molecule has 0 aliphatic heterocycles. The van der Waals surface area contributed by atoms with Gasteiger partial charge in [0.05, 0.1) is 11.8 Å². The van der Waals surface area contributed by atoms with Gasteiger partial charge in [-0.25, -0.2) is 0 Å². The molecule has 2 aromatic rings. The highest BCUT2D eigenvalue weighted by molar-refractivity contribution is 6.18. The van der Waals surface area contributed by atoms with E-state index >= 15 is 0 Å². The molecule has 0 saturated heterocycles. The molecular formula is C22H28Cl2O5. The number of benzene rings is 2. The van der Waals surface area contributed by atoms with Gasteiger partial charge in [-0.3, -0.25) is 0 Å². The Labute approximate surface area is 182 Å². The molecule has 0 bridgehead atoms. The highest BCUT2D eigenvalue weighted by atomic mass is 35.5. The first-order valence-electron chi connectivity index (χ1n) is 9.39. The zero-order valence-electron chi connectivity index (χ0n) is 17.2. The van der Waals surface area contributed by atoms with Gasteiger partial charge in [0.25, 0.3) is 0 Å². The van der Waals surface area contributed by atoms with Crippen LogP contribution in [0.2, 0.25) is 0 Å². The van der Waals surface area contributed by atoms with E-state index in [0.717, 1.165) is 33.8 Å². The maximum Gasteiger partial charge on any atom is 0.128 e. The van der Waals surface area contributed by atoms with Gasteiger partial charge in [-0.2, -0.15) is 0 Å². The molecular weight excluding hydrogens is 415 g/mol. The maximum atomic E-state index is 9.60. The number of alkyl halides is 2. The van der Waals surface area contributed by atoms with Gasteiger partial charge < -0.3 is 24.4 Å². The van der Waals surface area contributed by atoms with Crippen molar-refractivity contribution in [1.82, 2.24) is 0 Å². The lowest BCUT2D eigenvalue weighted by Gasteiger charge is -2.18. The van der Waals surface area contributed by atoms with Crippen molar-refractivity contribution in [2.24, 2.45) is 0 Å². The van der Waals surface area contributed by atoms with Gasteiger partial charge in [0, 0.05) is 0 Å². The van der Waals surface area contributed by atoms with Gasteiger partial charge in [0.2, 0.25) is 0 Å². The minimum Gasteiger partial charge on any atom is -0.490 e. The molecule has 0 aliphatic rings. The van der Waals surface area contributed by atoms with Crippen LogP contribution in [0.3, 0.4) is 0 Å². The number of aliphatic hydroxyl groups is 2. The lowest BCUT2D eigenvalue weighted by atomic mass is 10.1. The number of hydrogen-bond acceptors (Lipinski definition) is 5. The van der Waals surface area contributed by atoms with Crippen LogP contribution in [0, 0.1) is 27.7 Å². The number of hydrogen-bond donors (Lipinski definition) is 2. The molecule has 2 aromatic carbocycles. The Balaban J connectivity index is 2.15. The molecule has 0 radical (unpaired) electrons. The van der Waals surface area contributed by atoms with E-state index in [2.05, 4.69) is 0 Å². The number of aryl methyl sites for hydroxylation is 4. The smallest absolute Gasteiger partial charge is 0.128 e. The lowest BCUT2D eigenvalue weighted by molar-refractivity contribution is 0.124. The Bertz CT molecular complexity index is 711. The molecule has 160 valence electrons. The lowest BCUT2D eigenvalue weighted by Crippen LogP contribution is -2.19. The third kappa shape index (κ3) is 6.68. The van der Waals surface area contributed by atoms with Crippen molar-refractivity contribution in [3.8, 4) is 23.0 Å². The van der Waals surface area contributed by atoms with Crippen molar-refractivity contribution >= 4 is 23.2 Å². The Kier molecular flexibility index (Phi) is 8.90. The van der Waals surface area contributed by atoms with Gasteiger partial charge in [-0.1, -0.05) is 0 Å². The summed E-state index contributed by atoms with van der Waals surface area (Å²) in [7, 11) is 0. The summed E-state index contributed by atoms with van der Waals surface area (Å²) >= 11 is 11.2. The van der Waals surface area contributed by atoms with E-state index in [9.17, 15) is 10.2 Å². The summed E-state index contributed by atoms with van der Waals surface area (Å²) in [5.74, 6) is 3.07. The van der Waals surface area contributed by atoms with Crippen LogP contribution in [0.15, 0.2) is 24.3 Å². The second-order valence-electron chi connectivity index (χ2n) is 7.11. The molecule has 29 heavy (non-hydrogen) atoms. The molecule has 2 N–H and O–H groups in total. The van der Waals surface area contributed by atoms with Crippen molar-refractivity contribution < 1.29 is 24.4 Å². The summed E-state index contributed by atoms with van der Waals surface area (Å²) in [6.07, 6.45) is -1.41. The fourth-order valence-corrected chi connectivity index (χ4v) is 3.16. The predicted molar refractivity (Wildman–Crippen MR) is 116 cm³/mol. The Morgan fingerprint density at radius 3 is 1.28 bits per heavy atom. The summed E-state index contributed by atoms with van der Waals surface area (Å²) in [6, 6.07) is 7.56. The monoisotopic (exact) mass is 442 g/mol. The molecule has 0 aliphatic carbocycles. The van der Waals surface area contributed by atoms with E-state index < -0.39 is 12.2 Å². The average Bonchev–Trinajstić information content (AvgIpc) is 2.66. The number of rotatable bonds is 10. The molecule has 0 amide bonds. The molecule has 5 nitrogen and oxygen atoms in total. The molecule has 2 unspecified atom stereocenters. The van der Waals surface area contributed by atoms with E-state index in [1.807, 2.05) is 52.0 Å². The van der Waals surface area contributed by atoms with Crippen molar-refractivity contribution in [3.05, 3.63) is 46.5 Å². The quantitative estimate of drug-likeness (QED) is 0.523. The minimum absolute atomic E-state index is 0.128. The summed E-state index contributed by atoms with van der Waals surface area (Å²) in [5.41, 5.74) is 3.63. The van der Waals surface area contributed by atoms with E-state index in [4.69, 9.17) is 37.4 Å². The fraction of sp³-hybridized carbons (Fsp3) is 0.455.